The molecule has 1 unspecified atom stereocenters. The average Bonchev–Trinajstić information content (AvgIpc) is 2.48. The summed E-state index contributed by atoms with van der Waals surface area (Å²) in [6, 6.07) is 7.78. The highest BCUT2D eigenvalue weighted by atomic mass is 32.2. The Labute approximate surface area is 124 Å². The van der Waals surface area contributed by atoms with Gasteiger partial charge < -0.3 is 9.84 Å². The molecule has 1 aliphatic rings. The molecule has 116 valence electrons. The van der Waals surface area contributed by atoms with Crippen LogP contribution < -0.4 is 4.72 Å². The van der Waals surface area contributed by atoms with Gasteiger partial charge in [0.15, 0.2) is 0 Å². The van der Waals surface area contributed by atoms with Gasteiger partial charge in [-0.1, -0.05) is 30.3 Å². The Bertz CT molecular complexity index is 566. The molecule has 1 aromatic rings. The first-order valence-corrected chi connectivity index (χ1v) is 8.39. The fraction of sp³-hybridized carbons (Fsp3) is 0.500. The van der Waals surface area contributed by atoms with Crippen LogP contribution in [0.25, 0.3) is 0 Å². The van der Waals surface area contributed by atoms with E-state index in [0.717, 1.165) is 5.56 Å². The minimum atomic E-state index is -3.70. The number of hydrogen-bond acceptors (Lipinski definition) is 4. The van der Waals surface area contributed by atoms with Crippen LogP contribution in [0.5, 0.6) is 0 Å². The van der Waals surface area contributed by atoms with Gasteiger partial charge in [-0.15, -0.1) is 0 Å². The van der Waals surface area contributed by atoms with Crippen molar-refractivity contribution in [3.8, 4) is 0 Å². The van der Waals surface area contributed by atoms with Crippen molar-refractivity contribution < 1.29 is 23.1 Å². The van der Waals surface area contributed by atoms with Crippen molar-refractivity contribution in [2.45, 2.75) is 30.6 Å². The Balaban J connectivity index is 2.07. The highest BCUT2D eigenvalue weighted by Gasteiger charge is 2.32. The van der Waals surface area contributed by atoms with Gasteiger partial charge in [-0.25, -0.2) is 13.1 Å². The van der Waals surface area contributed by atoms with E-state index in [1.807, 2.05) is 6.07 Å². The Morgan fingerprint density at radius 2 is 2.10 bits per heavy atom. The van der Waals surface area contributed by atoms with E-state index >= 15 is 0 Å². The Hall–Kier alpha value is -1.44. The number of hydrogen-bond donors (Lipinski definition) is 2. The minimum absolute atomic E-state index is 0.114. The molecule has 0 amide bonds. The summed E-state index contributed by atoms with van der Waals surface area (Å²) in [5.74, 6) is -1.18. The largest absolute Gasteiger partial charge is 0.480 e. The van der Waals surface area contributed by atoms with E-state index in [1.165, 1.54) is 0 Å². The zero-order chi connectivity index (χ0) is 15.3. The lowest BCUT2D eigenvalue weighted by atomic mass is 10.1. The van der Waals surface area contributed by atoms with Crippen LogP contribution in [0, 0.1) is 0 Å². The highest BCUT2D eigenvalue weighted by Crippen LogP contribution is 2.15. The predicted molar refractivity (Wildman–Crippen MR) is 77.5 cm³/mol. The second-order valence-corrected chi connectivity index (χ2v) is 7.07. The van der Waals surface area contributed by atoms with Crippen molar-refractivity contribution in [1.29, 1.82) is 0 Å². The third kappa shape index (κ3) is 4.52. The number of carboxylic acid groups (broad SMARTS) is 1. The average molecular weight is 313 g/mol. The summed E-state index contributed by atoms with van der Waals surface area (Å²) in [5.41, 5.74) is 0.771. The topological polar surface area (TPSA) is 92.7 Å². The fourth-order valence-electron chi connectivity index (χ4n) is 2.28. The maximum absolute atomic E-state index is 12.2. The number of carbonyl (C=O) groups is 1. The molecule has 0 spiro atoms. The smallest absolute Gasteiger partial charge is 0.322 e. The van der Waals surface area contributed by atoms with Crippen molar-refractivity contribution >= 4 is 16.0 Å². The zero-order valence-electron chi connectivity index (χ0n) is 11.6. The van der Waals surface area contributed by atoms with Crippen LogP contribution in [0.15, 0.2) is 30.3 Å². The third-order valence-electron chi connectivity index (χ3n) is 3.44. The van der Waals surface area contributed by atoms with E-state index in [1.54, 1.807) is 24.3 Å². The van der Waals surface area contributed by atoms with Gasteiger partial charge in [0.1, 0.15) is 6.04 Å². The van der Waals surface area contributed by atoms with Gasteiger partial charge in [-0.2, -0.15) is 0 Å². The molecule has 0 radical (unpaired) electrons. The first-order chi connectivity index (χ1) is 9.99. The Morgan fingerprint density at radius 1 is 1.38 bits per heavy atom. The van der Waals surface area contributed by atoms with Gasteiger partial charge in [0.2, 0.25) is 10.0 Å². The van der Waals surface area contributed by atoms with E-state index in [0.29, 0.717) is 19.4 Å². The number of nitrogens with one attached hydrogen (secondary N) is 1. The molecule has 1 fully saturated rings. The lowest BCUT2D eigenvalue weighted by Crippen LogP contribution is -2.48. The second kappa shape index (κ2) is 7.02. The first kappa shape index (κ1) is 15.9. The molecular formula is C14H19NO5S. The molecule has 21 heavy (non-hydrogen) atoms. The van der Waals surface area contributed by atoms with Crippen molar-refractivity contribution in [1.82, 2.24) is 4.72 Å². The number of ether oxygens (including phenoxy) is 1. The Morgan fingerprint density at radius 3 is 2.67 bits per heavy atom. The maximum atomic E-state index is 12.2. The van der Waals surface area contributed by atoms with Crippen LogP contribution in [0.3, 0.4) is 0 Å². The molecule has 1 aromatic carbocycles. The fourth-order valence-corrected chi connectivity index (χ4v) is 3.81. The Kier molecular flexibility index (Phi) is 5.33. The van der Waals surface area contributed by atoms with Crippen LogP contribution in [0.2, 0.25) is 0 Å². The van der Waals surface area contributed by atoms with Gasteiger partial charge >= 0.3 is 5.97 Å². The van der Waals surface area contributed by atoms with Crippen LogP contribution in [-0.2, 0) is 26.0 Å². The molecule has 0 aliphatic carbocycles. The van der Waals surface area contributed by atoms with Crippen molar-refractivity contribution in [2.75, 3.05) is 13.2 Å². The lowest BCUT2D eigenvalue weighted by Gasteiger charge is -2.24. The molecule has 7 heteroatoms. The van der Waals surface area contributed by atoms with E-state index in [-0.39, 0.29) is 13.0 Å². The normalized spacial score (nSPS) is 20.9. The molecule has 1 aliphatic heterocycles. The van der Waals surface area contributed by atoms with Gasteiger partial charge in [-0.3, -0.25) is 4.79 Å². The van der Waals surface area contributed by atoms with Crippen molar-refractivity contribution in [2.24, 2.45) is 0 Å². The van der Waals surface area contributed by atoms with E-state index in [2.05, 4.69) is 4.72 Å². The molecule has 2 atom stereocenters. The molecule has 2 N–H and O–H groups in total. The maximum Gasteiger partial charge on any atom is 0.322 e. The first-order valence-electron chi connectivity index (χ1n) is 6.84. The second-order valence-electron chi connectivity index (χ2n) is 5.08. The van der Waals surface area contributed by atoms with Crippen LogP contribution >= 0.6 is 0 Å². The minimum Gasteiger partial charge on any atom is -0.480 e. The number of benzene rings is 1. The quantitative estimate of drug-likeness (QED) is 0.809. The summed E-state index contributed by atoms with van der Waals surface area (Å²) < 4.78 is 31.9. The SMILES string of the molecule is O=C(O)[C@@H](Cc1ccccc1)NS(=O)(=O)C1CCCOC1. The summed E-state index contributed by atoms with van der Waals surface area (Å²) in [4.78, 5) is 11.3. The van der Waals surface area contributed by atoms with Crippen LogP contribution in [0.4, 0.5) is 0 Å². The number of carboxylic acids is 1. The standard InChI is InChI=1S/C14H19NO5S/c16-14(17)13(9-11-5-2-1-3-6-11)15-21(18,19)12-7-4-8-20-10-12/h1-3,5-6,12-13,15H,4,7-10H2,(H,16,17)/t12?,13-/m1/s1. The summed E-state index contributed by atoms with van der Waals surface area (Å²) in [7, 11) is -3.70. The van der Waals surface area contributed by atoms with E-state index in [4.69, 9.17) is 4.74 Å². The summed E-state index contributed by atoms with van der Waals surface area (Å²) in [6.45, 7) is 0.672. The molecule has 0 aromatic heterocycles. The molecule has 2 rings (SSSR count). The predicted octanol–water partition coefficient (Wildman–Crippen LogP) is 0.781. The molecule has 0 saturated carbocycles. The van der Waals surface area contributed by atoms with Crippen LogP contribution in [0.1, 0.15) is 18.4 Å². The molecule has 0 bridgehead atoms. The van der Waals surface area contributed by atoms with E-state index < -0.39 is 27.3 Å². The monoisotopic (exact) mass is 313 g/mol. The van der Waals surface area contributed by atoms with Gasteiger partial charge in [0.05, 0.1) is 11.9 Å². The number of sulfonamides is 1. The number of rotatable bonds is 6. The molecule has 1 heterocycles. The van der Waals surface area contributed by atoms with Gasteiger partial charge in [-0.05, 0) is 24.8 Å². The molecule has 6 nitrogen and oxygen atoms in total. The summed E-state index contributed by atoms with van der Waals surface area (Å²) in [5, 5.41) is 8.56. The molecule has 1 saturated heterocycles. The highest BCUT2D eigenvalue weighted by molar-refractivity contribution is 7.90. The van der Waals surface area contributed by atoms with Gasteiger partial charge in [0, 0.05) is 6.61 Å². The van der Waals surface area contributed by atoms with Crippen molar-refractivity contribution in [3.05, 3.63) is 35.9 Å². The zero-order valence-corrected chi connectivity index (χ0v) is 12.4. The molecular weight excluding hydrogens is 294 g/mol. The summed E-state index contributed by atoms with van der Waals surface area (Å²) in [6.07, 6.45) is 1.28. The lowest BCUT2D eigenvalue weighted by molar-refractivity contribution is -0.138. The summed E-state index contributed by atoms with van der Waals surface area (Å²) >= 11 is 0. The number of aliphatic carboxylic acids is 1. The third-order valence-corrected chi connectivity index (χ3v) is 5.31. The van der Waals surface area contributed by atoms with Gasteiger partial charge in [0.25, 0.3) is 0 Å². The van der Waals surface area contributed by atoms with Crippen molar-refractivity contribution in [3.63, 3.8) is 0 Å². The van der Waals surface area contributed by atoms with E-state index in [9.17, 15) is 18.3 Å². The van der Waals surface area contributed by atoms with Crippen LogP contribution in [-0.4, -0.2) is 44.0 Å².